The van der Waals surface area contributed by atoms with Crippen molar-refractivity contribution in [3.05, 3.63) is 0 Å². The first-order valence-electron chi connectivity index (χ1n) is 3.13. The molecule has 14 heavy (non-hydrogen) atoms. The van der Waals surface area contributed by atoms with E-state index >= 15 is 0 Å². The third-order valence-corrected chi connectivity index (χ3v) is 0.349. The zero-order valence-electron chi connectivity index (χ0n) is 7.41. The SMILES string of the molecule is N=NC=NN.N=NC=NN.OCCO. The Balaban J connectivity index is -0.000000131. The van der Waals surface area contributed by atoms with Gasteiger partial charge in [-0.1, -0.05) is 0 Å². The Morgan fingerprint density at radius 3 is 1.21 bits per heavy atom. The van der Waals surface area contributed by atoms with Crippen LogP contribution in [0.2, 0.25) is 0 Å². The van der Waals surface area contributed by atoms with E-state index in [9.17, 15) is 0 Å². The van der Waals surface area contributed by atoms with E-state index < -0.39 is 0 Å². The van der Waals surface area contributed by atoms with E-state index in [4.69, 9.17) is 21.3 Å². The molecule has 8 N–H and O–H groups in total. The van der Waals surface area contributed by atoms with Crippen molar-refractivity contribution < 1.29 is 10.2 Å². The molecule has 0 aliphatic heterocycles. The van der Waals surface area contributed by atoms with E-state index in [1.54, 1.807) is 0 Å². The second-order valence-corrected chi connectivity index (χ2v) is 1.23. The lowest BCUT2D eigenvalue weighted by Crippen LogP contribution is -1.85. The summed E-state index contributed by atoms with van der Waals surface area (Å²) in [7, 11) is 0. The molecule has 0 aromatic rings. The van der Waals surface area contributed by atoms with Crippen LogP contribution in [-0.2, 0) is 0 Å². The van der Waals surface area contributed by atoms with Gasteiger partial charge in [0.05, 0.1) is 13.2 Å². The number of nitrogens with one attached hydrogen (secondary N) is 2. The fraction of sp³-hybridized carbons (Fsp3) is 0.500. The molecule has 0 aromatic heterocycles. The minimum absolute atomic E-state index is 0.125. The van der Waals surface area contributed by atoms with Gasteiger partial charge >= 0.3 is 0 Å². The number of hydrogen-bond acceptors (Lipinski definition) is 8. The standard InChI is InChI=1S/C2H6O2.2CH4N4/c3-1-2-4;2*2-4-1-5-3/h3-4H,1-2H2;2*1-2H,3H2. The van der Waals surface area contributed by atoms with Crippen molar-refractivity contribution in [3.63, 3.8) is 0 Å². The summed E-state index contributed by atoms with van der Waals surface area (Å²) in [5.41, 5.74) is 12.0. The van der Waals surface area contributed by atoms with E-state index in [1.807, 2.05) is 0 Å². The topological polar surface area (TPSA) is 190 Å². The van der Waals surface area contributed by atoms with E-state index in [0.29, 0.717) is 0 Å². The summed E-state index contributed by atoms with van der Waals surface area (Å²) in [6.07, 6.45) is 1.89. The van der Waals surface area contributed by atoms with E-state index in [2.05, 4.69) is 32.1 Å². The Bertz CT molecular complexity index is 139. The molecule has 0 aliphatic carbocycles. The summed E-state index contributed by atoms with van der Waals surface area (Å²) in [6.45, 7) is -0.250. The van der Waals surface area contributed by atoms with Crippen molar-refractivity contribution >= 4 is 12.7 Å². The molecule has 0 bridgehead atoms. The molecular formula is C4H14N8O2. The van der Waals surface area contributed by atoms with Gasteiger partial charge in [-0.25, -0.2) is 11.1 Å². The first-order chi connectivity index (χ1) is 6.74. The van der Waals surface area contributed by atoms with Crippen LogP contribution in [0, 0.1) is 11.1 Å². The smallest absolute Gasteiger partial charge is 0.156 e. The molecule has 0 spiro atoms. The Morgan fingerprint density at radius 1 is 0.929 bits per heavy atom. The zero-order valence-corrected chi connectivity index (χ0v) is 7.41. The van der Waals surface area contributed by atoms with Gasteiger partial charge in [-0.05, 0) is 0 Å². The normalized spacial score (nSPS) is 8.43. The van der Waals surface area contributed by atoms with E-state index in [-0.39, 0.29) is 13.2 Å². The van der Waals surface area contributed by atoms with Crippen molar-refractivity contribution in [3.8, 4) is 0 Å². The first-order valence-corrected chi connectivity index (χ1v) is 3.13. The summed E-state index contributed by atoms with van der Waals surface area (Å²) in [5.74, 6) is 8.99. The number of rotatable bonds is 3. The molecular weight excluding hydrogens is 192 g/mol. The molecule has 0 radical (unpaired) electrons. The number of hydrazone groups is 2. The number of nitrogens with zero attached hydrogens (tertiary/aromatic N) is 4. The fourth-order valence-electron chi connectivity index (χ4n) is 0.0667. The average Bonchev–Trinajstić information content (AvgIpc) is 2.22. The zero-order chi connectivity index (χ0) is 11.7. The third-order valence-electron chi connectivity index (χ3n) is 0.349. The number of nitrogens with two attached hydrogens (primary N) is 2. The molecule has 82 valence electrons. The lowest BCUT2D eigenvalue weighted by Gasteiger charge is -1.70. The van der Waals surface area contributed by atoms with Gasteiger partial charge in [-0.15, -0.1) is 10.2 Å². The maximum Gasteiger partial charge on any atom is 0.156 e. The Kier molecular flexibility index (Phi) is 39.1. The lowest BCUT2D eigenvalue weighted by molar-refractivity contribution is 0.186. The maximum atomic E-state index is 7.62. The quantitative estimate of drug-likeness (QED) is 0.111. The largest absolute Gasteiger partial charge is 0.394 e. The van der Waals surface area contributed by atoms with Crippen LogP contribution in [0.5, 0.6) is 0 Å². The van der Waals surface area contributed by atoms with Crippen LogP contribution in [0.4, 0.5) is 0 Å². The number of aliphatic hydroxyl groups excluding tert-OH is 2. The van der Waals surface area contributed by atoms with Gasteiger partial charge in [-0.2, -0.15) is 10.2 Å². The first kappa shape index (κ1) is 18.0. The average molecular weight is 206 g/mol. The van der Waals surface area contributed by atoms with Crippen LogP contribution in [0.3, 0.4) is 0 Å². The highest BCUT2D eigenvalue weighted by Crippen LogP contribution is 1.45. The minimum atomic E-state index is -0.125. The van der Waals surface area contributed by atoms with Gasteiger partial charge in [0.25, 0.3) is 0 Å². The molecule has 10 nitrogen and oxygen atoms in total. The van der Waals surface area contributed by atoms with Gasteiger partial charge in [0.2, 0.25) is 0 Å². The predicted octanol–water partition coefficient (Wildman–Crippen LogP) is -1.19. The summed E-state index contributed by atoms with van der Waals surface area (Å²) in [6, 6.07) is 0. The van der Waals surface area contributed by atoms with Crippen LogP contribution in [0.15, 0.2) is 20.4 Å². The summed E-state index contributed by atoms with van der Waals surface area (Å²) in [5, 5.41) is 26.4. The van der Waals surface area contributed by atoms with E-state index in [0.717, 1.165) is 12.7 Å². The monoisotopic (exact) mass is 206 g/mol. The van der Waals surface area contributed by atoms with Gasteiger partial charge < -0.3 is 21.9 Å². The van der Waals surface area contributed by atoms with Crippen LogP contribution in [0.1, 0.15) is 0 Å². The second kappa shape index (κ2) is 30.5. The van der Waals surface area contributed by atoms with Crippen LogP contribution < -0.4 is 11.7 Å². The van der Waals surface area contributed by atoms with Crippen molar-refractivity contribution in [1.29, 1.82) is 11.1 Å². The van der Waals surface area contributed by atoms with Crippen molar-refractivity contribution in [2.75, 3.05) is 13.2 Å². The Morgan fingerprint density at radius 2 is 1.21 bits per heavy atom. The Hall–Kier alpha value is -1.94. The molecule has 0 heterocycles. The second-order valence-electron chi connectivity index (χ2n) is 1.23. The third kappa shape index (κ3) is 88.2. The van der Waals surface area contributed by atoms with E-state index in [1.165, 1.54) is 0 Å². The van der Waals surface area contributed by atoms with Crippen molar-refractivity contribution in [1.82, 2.24) is 0 Å². The highest BCUT2D eigenvalue weighted by Gasteiger charge is 1.58. The Labute approximate surface area is 80.3 Å². The van der Waals surface area contributed by atoms with Crippen LogP contribution in [0.25, 0.3) is 0 Å². The summed E-state index contributed by atoms with van der Waals surface area (Å²) < 4.78 is 0. The molecule has 0 atom stereocenters. The fourth-order valence-corrected chi connectivity index (χ4v) is 0.0667. The number of aliphatic hydroxyl groups is 2. The molecule has 0 unspecified atom stereocenters. The highest BCUT2D eigenvalue weighted by molar-refractivity contribution is 5.53. The number of hydrogen-bond donors (Lipinski definition) is 6. The molecule has 0 aromatic carbocycles. The van der Waals surface area contributed by atoms with Crippen molar-refractivity contribution in [2.24, 2.45) is 32.1 Å². The summed E-state index contributed by atoms with van der Waals surface area (Å²) >= 11 is 0. The highest BCUT2D eigenvalue weighted by atomic mass is 16.3. The molecule has 0 saturated carbocycles. The van der Waals surface area contributed by atoms with Gasteiger partial charge in [-0.3, -0.25) is 0 Å². The van der Waals surface area contributed by atoms with Crippen LogP contribution in [-0.4, -0.2) is 36.1 Å². The van der Waals surface area contributed by atoms with Crippen molar-refractivity contribution in [2.45, 2.75) is 0 Å². The molecule has 0 fully saturated rings. The molecule has 0 saturated heterocycles. The molecule has 0 rings (SSSR count). The molecule has 0 amide bonds. The minimum Gasteiger partial charge on any atom is -0.394 e. The molecule has 0 aliphatic rings. The predicted molar refractivity (Wildman–Crippen MR) is 49.8 cm³/mol. The van der Waals surface area contributed by atoms with Gasteiger partial charge in [0.15, 0.2) is 12.7 Å². The van der Waals surface area contributed by atoms with Gasteiger partial charge in [0, 0.05) is 0 Å². The van der Waals surface area contributed by atoms with Crippen LogP contribution >= 0.6 is 0 Å². The maximum absolute atomic E-state index is 7.62. The van der Waals surface area contributed by atoms with Gasteiger partial charge in [0.1, 0.15) is 0 Å². The molecule has 10 heteroatoms. The lowest BCUT2D eigenvalue weighted by atomic mass is 10.8. The summed E-state index contributed by atoms with van der Waals surface area (Å²) in [4.78, 5) is 0.